The van der Waals surface area contributed by atoms with Crippen LogP contribution in [0.15, 0.2) is 11.2 Å². The SMILES string of the molecule is CCCCc1nc2cnc3c(c2n1CC(C)C)N=CCC3. The highest BCUT2D eigenvalue weighted by Gasteiger charge is 2.19. The van der Waals surface area contributed by atoms with Crippen molar-refractivity contribution in [3.05, 3.63) is 17.7 Å². The maximum absolute atomic E-state index is 4.84. The molecule has 3 heterocycles. The monoisotopic (exact) mass is 284 g/mol. The summed E-state index contributed by atoms with van der Waals surface area (Å²) < 4.78 is 2.39. The Hall–Kier alpha value is -1.71. The van der Waals surface area contributed by atoms with E-state index < -0.39 is 0 Å². The molecule has 1 aliphatic heterocycles. The van der Waals surface area contributed by atoms with Crippen LogP contribution in [0.4, 0.5) is 5.69 Å². The zero-order valence-electron chi connectivity index (χ0n) is 13.3. The topological polar surface area (TPSA) is 43.1 Å². The summed E-state index contributed by atoms with van der Waals surface area (Å²) in [4.78, 5) is 14.0. The highest BCUT2D eigenvalue weighted by Crippen LogP contribution is 2.32. The van der Waals surface area contributed by atoms with Crippen LogP contribution in [0.2, 0.25) is 0 Å². The van der Waals surface area contributed by atoms with Crippen molar-refractivity contribution in [2.24, 2.45) is 10.9 Å². The van der Waals surface area contributed by atoms with Gasteiger partial charge in [0.25, 0.3) is 0 Å². The molecule has 0 spiro atoms. The lowest BCUT2D eigenvalue weighted by Gasteiger charge is -2.15. The van der Waals surface area contributed by atoms with E-state index in [1.165, 1.54) is 24.2 Å². The summed E-state index contributed by atoms with van der Waals surface area (Å²) in [5.74, 6) is 1.79. The number of fused-ring (bicyclic) bond motifs is 3. The largest absolute Gasteiger partial charge is 0.326 e. The Balaban J connectivity index is 2.17. The van der Waals surface area contributed by atoms with Gasteiger partial charge in [-0.25, -0.2) is 4.98 Å². The number of rotatable bonds is 5. The summed E-state index contributed by atoms with van der Waals surface area (Å²) in [5.41, 5.74) is 4.36. The first-order valence-electron chi connectivity index (χ1n) is 8.10. The molecule has 0 saturated carbocycles. The van der Waals surface area contributed by atoms with Crippen LogP contribution < -0.4 is 0 Å². The van der Waals surface area contributed by atoms with Crippen molar-refractivity contribution in [3.63, 3.8) is 0 Å². The summed E-state index contributed by atoms with van der Waals surface area (Å²) >= 11 is 0. The van der Waals surface area contributed by atoms with Gasteiger partial charge < -0.3 is 4.57 Å². The van der Waals surface area contributed by atoms with Crippen molar-refractivity contribution in [1.29, 1.82) is 0 Å². The molecule has 0 atom stereocenters. The van der Waals surface area contributed by atoms with Crippen molar-refractivity contribution < 1.29 is 0 Å². The second kappa shape index (κ2) is 5.96. The average Bonchev–Trinajstić information content (AvgIpc) is 2.82. The summed E-state index contributed by atoms with van der Waals surface area (Å²) in [6.07, 6.45) is 9.34. The van der Waals surface area contributed by atoms with E-state index in [0.717, 1.165) is 42.7 Å². The average molecular weight is 284 g/mol. The normalized spacial score (nSPS) is 14.1. The lowest BCUT2D eigenvalue weighted by molar-refractivity contribution is 0.513. The molecule has 0 bridgehead atoms. The maximum Gasteiger partial charge on any atom is 0.110 e. The van der Waals surface area contributed by atoms with E-state index in [0.29, 0.717) is 5.92 Å². The Bertz CT molecular complexity index is 667. The predicted octanol–water partition coefficient (Wildman–Crippen LogP) is 4.08. The minimum absolute atomic E-state index is 0.596. The zero-order valence-corrected chi connectivity index (χ0v) is 13.3. The molecule has 0 aromatic carbocycles. The molecule has 0 N–H and O–H groups in total. The Morgan fingerprint density at radius 1 is 1.33 bits per heavy atom. The van der Waals surface area contributed by atoms with Crippen LogP contribution in [-0.2, 0) is 19.4 Å². The zero-order chi connectivity index (χ0) is 14.8. The molecule has 21 heavy (non-hydrogen) atoms. The fourth-order valence-electron chi connectivity index (χ4n) is 2.96. The number of imidazole rings is 1. The number of hydrogen-bond donors (Lipinski definition) is 0. The van der Waals surface area contributed by atoms with Crippen LogP contribution in [0.1, 0.15) is 51.6 Å². The Morgan fingerprint density at radius 3 is 2.95 bits per heavy atom. The van der Waals surface area contributed by atoms with Gasteiger partial charge in [0.2, 0.25) is 0 Å². The molecule has 0 unspecified atom stereocenters. The molecule has 1 aliphatic rings. The number of pyridine rings is 1. The molecular weight excluding hydrogens is 260 g/mol. The lowest BCUT2D eigenvalue weighted by Crippen LogP contribution is -2.09. The third kappa shape index (κ3) is 2.71. The molecule has 0 aliphatic carbocycles. The van der Waals surface area contributed by atoms with Gasteiger partial charge in [-0.15, -0.1) is 0 Å². The minimum atomic E-state index is 0.596. The molecule has 0 saturated heterocycles. The number of hydrogen-bond acceptors (Lipinski definition) is 3. The van der Waals surface area contributed by atoms with Gasteiger partial charge in [-0.1, -0.05) is 27.2 Å². The van der Waals surface area contributed by atoms with E-state index in [4.69, 9.17) is 4.98 Å². The Kier molecular flexibility index (Phi) is 4.04. The van der Waals surface area contributed by atoms with Crippen molar-refractivity contribution >= 4 is 22.9 Å². The van der Waals surface area contributed by atoms with Crippen LogP contribution >= 0.6 is 0 Å². The highest BCUT2D eigenvalue weighted by atomic mass is 15.1. The van der Waals surface area contributed by atoms with E-state index in [1.54, 1.807) is 0 Å². The summed E-state index contributed by atoms with van der Waals surface area (Å²) in [6, 6.07) is 0. The van der Waals surface area contributed by atoms with Crippen LogP contribution in [0.3, 0.4) is 0 Å². The molecule has 2 aromatic heterocycles. The minimum Gasteiger partial charge on any atom is -0.326 e. The summed E-state index contributed by atoms with van der Waals surface area (Å²) in [7, 11) is 0. The van der Waals surface area contributed by atoms with E-state index in [-0.39, 0.29) is 0 Å². The smallest absolute Gasteiger partial charge is 0.110 e. The van der Waals surface area contributed by atoms with Gasteiger partial charge >= 0.3 is 0 Å². The first-order valence-corrected chi connectivity index (χ1v) is 8.10. The molecule has 2 aromatic rings. The molecule has 0 radical (unpaired) electrons. The molecule has 112 valence electrons. The van der Waals surface area contributed by atoms with Crippen molar-refractivity contribution in [3.8, 4) is 0 Å². The van der Waals surface area contributed by atoms with Gasteiger partial charge in [0.05, 0.1) is 17.4 Å². The Labute approximate surface area is 126 Å². The van der Waals surface area contributed by atoms with Crippen LogP contribution in [0.5, 0.6) is 0 Å². The van der Waals surface area contributed by atoms with Crippen molar-refractivity contribution in [2.75, 3.05) is 0 Å². The van der Waals surface area contributed by atoms with E-state index in [2.05, 4.69) is 35.3 Å². The number of aliphatic imine (C=N–C) groups is 1. The van der Waals surface area contributed by atoms with Gasteiger partial charge in [0.1, 0.15) is 17.0 Å². The predicted molar refractivity (Wildman–Crippen MR) is 87.5 cm³/mol. The fraction of sp³-hybridized carbons (Fsp3) is 0.588. The molecule has 4 heteroatoms. The van der Waals surface area contributed by atoms with Crippen LogP contribution in [0.25, 0.3) is 11.0 Å². The summed E-state index contributed by atoms with van der Waals surface area (Å²) in [5, 5.41) is 0. The molecule has 4 nitrogen and oxygen atoms in total. The number of nitrogens with zero attached hydrogens (tertiary/aromatic N) is 4. The number of unbranched alkanes of at least 4 members (excludes halogenated alkanes) is 1. The third-order valence-corrected chi connectivity index (χ3v) is 3.95. The third-order valence-electron chi connectivity index (χ3n) is 3.95. The van der Waals surface area contributed by atoms with Crippen LogP contribution in [0, 0.1) is 5.92 Å². The van der Waals surface area contributed by atoms with E-state index in [1.807, 2.05) is 12.4 Å². The van der Waals surface area contributed by atoms with E-state index >= 15 is 0 Å². The molecule has 0 amide bonds. The first-order chi connectivity index (χ1) is 10.2. The van der Waals surface area contributed by atoms with Crippen molar-refractivity contribution in [2.45, 2.75) is 59.4 Å². The fourth-order valence-corrected chi connectivity index (χ4v) is 2.96. The quantitative estimate of drug-likeness (QED) is 0.830. The molecule has 0 fully saturated rings. The van der Waals surface area contributed by atoms with Gasteiger partial charge in [0, 0.05) is 19.2 Å². The molecule has 3 rings (SSSR count). The summed E-state index contributed by atoms with van der Waals surface area (Å²) in [6.45, 7) is 7.74. The highest BCUT2D eigenvalue weighted by molar-refractivity contribution is 5.90. The lowest BCUT2D eigenvalue weighted by atomic mass is 10.1. The van der Waals surface area contributed by atoms with Crippen LogP contribution in [-0.4, -0.2) is 20.7 Å². The van der Waals surface area contributed by atoms with Gasteiger partial charge in [-0.2, -0.15) is 0 Å². The second-order valence-corrected chi connectivity index (χ2v) is 6.27. The first kappa shape index (κ1) is 14.2. The van der Waals surface area contributed by atoms with Gasteiger partial charge in [-0.05, 0) is 25.2 Å². The van der Waals surface area contributed by atoms with Gasteiger partial charge in [-0.3, -0.25) is 9.98 Å². The van der Waals surface area contributed by atoms with E-state index in [9.17, 15) is 0 Å². The maximum atomic E-state index is 4.84. The van der Waals surface area contributed by atoms with Gasteiger partial charge in [0.15, 0.2) is 0 Å². The standard InChI is InChI=1S/C17H24N4/c1-4-5-8-15-20-14-10-19-13-7-6-9-18-16(13)17(14)21(15)11-12(2)3/h9-10,12H,4-8,11H2,1-3H3. The van der Waals surface area contributed by atoms with Crippen molar-refractivity contribution in [1.82, 2.24) is 14.5 Å². The molecular formula is C17H24N4. The second-order valence-electron chi connectivity index (χ2n) is 6.27. The number of aromatic nitrogens is 3. The number of aryl methyl sites for hydroxylation is 2. The Morgan fingerprint density at radius 2 is 2.19 bits per heavy atom.